The van der Waals surface area contributed by atoms with E-state index in [1.54, 1.807) is 12.1 Å². The van der Waals surface area contributed by atoms with E-state index in [0.29, 0.717) is 18.6 Å². The molecule has 8 heteroatoms. The monoisotopic (exact) mass is 393 g/mol. The van der Waals surface area contributed by atoms with Crippen LogP contribution in [0, 0.1) is 0 Å². The standard InChI is InChI=1S/C21H23N5O3/c27-21(28)14-5-6-18-17(11-14)24-20(13-25-7-9-29-10-8-25)26(18)12-19-22-15-3-1-2-4-16(15)23-19/h1-6,11,19,22-23H,7-10,12-13H2,(H,27,28). The zero-order valence-electron chi connectivity index (χ0n) is 16.0. The molecule has 1 saturated heterocycles. The molecule has 0 unspecified atom stereocenters. The van der Waals surface area contributed by atoms with Crippen molar-refractivity contribution < 1.29 is 14.6 Å². The molecule has 2 aliphatic rings. The molecule has 0 aliphatic carbocycles. The summed E-state index contributed by atoms with van der Waals surface area (Å²) in [5.74, 6) is -0.00486. The smallest absolute Gasteiger partial charge is 0.335 e. The topological polar surface area (TPSA) is 91.7 Å². The first-order valence-electron chi connectivity index (χ1n) is 9.82. The number of nitrogens with zero attached hydrogens (tertiary/aromatic N) is 3. The van der Waals surface area contributed by atoms with Gasteiger partial charge < -0.3 is 25.0 Å². The number of carboxylic acid groups (broad SMARTS) is 1. The van der Waals surface area contributed by atoms with Gasteiger partial charge in [0.2, 0.25) is 0 Å². The molecule has 2 aromatic carbocycles. The molecule has 0 amide bonds. The third kappa shape index (κ3) is 3.52. The summed E-state index contributed by atoms with van der Waals surface area (Å²) in [4.78, 5) is 18.5. The van der Waals surface area contributed by atoms with Gasteiger partial charge in [0, 0.05) is 13.1 Å². The average molecular weight is 393 g/mol. The quantitative estimate of drug-likeness (QED) is 0.613. The van der Waals surface area contributed by atoms with E-state index in [4.69, 9.17) is 9.72 Å². The van der Waals surface area contributed by atoms with E-state index < -0.39 is 5.97 Å². The second-order valence-electron chi connectivity index (χ2n) is 7.42. The fourth-order valence-electron chi connectivity index (χ4n) is 4.02. The van der Waals surface area contributed by atoms with Gasteiger partial charge in [-0.3, -0.25) is 4.90 Å². The molecule has 5 rings (SSSR count). The van der Waals surface area contributed by atoms with E-state index in [1.807, 2.05) is 18.2 Å². The average Bonchev–Trinajstić information content (AvgIpc) is 3.29. The Bertz CT molecular complexity index is 1030. The number of imidazole rings is 1. The number of nitrogens with one attached hydrogen (secondary N) is 2. The van der Waals surface area contributed by atoms with Crippen molar-refractivity contribution in [1.82, 2.24) is 14.5 Å². The fraction of sp³-hybridized carbons (Fsp3) is 0.333. The Morgan fingerprint density at radius 2 is 1.86 bits per heavy atom. The second-order valence-corrected chi connectivity index (χ2v) is 7.42. The number of hydrogen-bond acceptors (Lipinski definition) is 6. The highest BCUT2D eigenvalue weighted by molar-refractivity contribution is 5.92. The molecule has 0 bridgehead atoms. The van der Waals surface area contributed by atoms with Crippen molar-refractivity contribution in [2.75, 3.05) is 36.9 Å². The number of hydrogen-bond donors (Lipinski definition) is 3. The minimum atomic E-state index is -0.939. The number of anilines is 2. The maximum atomic E-state index is 11.4. The Kier molecular flexibility index (Phi) is 4.57. The van der Waals surface area contributed by atoms with Crippen LogP contribution in [0.1, 0.15) is 16.2 Å². The van der Waals surface area contributed by atoms with E-state index in [-0.39, 0.29) is 11.7 Å². The van der Waals surface area contributed by atoms with Crippen LogP contribution >= 0.6 is 0 Å². The van der Waals surface area contributed by atoms with Crippen molar-refractivity contribution in [2.45, 2.75) is 19.3 Å². The highest BCUT2D eigenvalue weighted by Crippen LogP contribution is 2.29. The Balaban J connectivity index is 1.47. The highest BCUT2D eigenvalue weighted by Gasteiger charge is 2.23. The maximum Gasteiger partial charge on any atom is 0.335 e. The largest absolute Gasteiger partial charge is 0.478 e. The number of ether oxygens (including phenoxy) is 1. The van der Waals surface area contributed by atoms with Crippen molar-refractivity contribution in [2.24, 2.45) is 0 Å². The molecule has 2 aliphatic heterocycles. The number of rotatable bonds is 5. The number of aromatic carboxylic acids is 1. The lowest BCUT2D eigenvalue weighted by atomic mass is 10.2. The minimum Gasteiger partial charge on any atom is -0.478 e. The van der Waals surface area contributed by atoms with Gasteiger partial charge in [-0.25, -0.2) is 9.78 Å². The summed E-state index contributed by atoms with van der Waals surface area (Å²) in [5.41, 5.74) is 4.08. The van der Waals surface area contributed by atoms with Crippen LogP contribution in [0.2, 0.25) is 0 Å². The number of benzene rings is 2. The Hall–Kier alpha value is -3.10. The molecule has 3 N–H and O–H groups in total. The van der Waals surface area contributed by atoms with Crippen LogP contribution in [0.3, 0.4) is 0 Å². The lowest BCUT2D eigenvalue weighted by molar-refractivity contribution is 0.0326. The van der Waals surface area contributed by atoms with Gasteiger partial charge >= 0.3 is 5.97 Å². The normalized spacial score (nSPS) is 17.1. The molecule has 0 radical (unpaired) electrons. The van der Waals surface area contributed by atoms with Crippen LogP contribution in [-0.2, 0) is 17.8 Å². The zero-order valence-corrected chi connectivity index (χ0v) is 16.0. The number of para-hydroxylation sites is 2. The lowest BCUT2D eigenvalue weighted by Gasteiger charge is -2.26. The summed E-state index contributed by atoms with van der Waals surface area (Å²) in [6.45, 7) is 4.58. The molecule has 29 heavy (non-hydrogen) atoms. The molecule has 0 atom stereocenters. The molecule has 3 aromatic rings. The van der Waals surface area contributed by atoms with E-state index in [2.05, 4.69) is 32.2 Å². The van der Waals surface area contributed by atoms with Crippen LogP contribution < -0.4 is 10.6 Å². The number of morpholine rings is 1. The summed E-state index contributed by atoms with van der Waals surface area (Å²) < 4.78 is 7.65. The molecule has 3 heterocycles. The van der Waals surface area contributed by atoms with Gasteiger partial charge in [0.1, 0.15) is 12.0 Å². The molecule has 150 valence electrons. The summed E-state index contributed by atoms with van der Waals surface area (Å²) >= 11 is 0. The third-order valence-electron chi connectivity index (χ3n) is 5.49. The molecular weight excluding hydrogens is 370 g/mol. The molecular formula is C21H23N5O3. The van der Waals surface area contributed by atoms with Crippen LogP contribution in [0.5, 0.6) is 0 Å². The zero-order chi connectivity index (χ0) is 19.8. The first-order chi connectivity index (χ1) is 14.2. The van der Waals surface area contributed by atoms with Crippen LogP contribution in [0.4, 0.5) is 11.4 Å². The summed E-state index contributed by atoms with van der Waals surface area (Å²) in [6.07, 6.45) is 0.0346. The minimum absolute atomic E-state index is 0.0346. The van der Waals surface area contributed by atoms with E-state index in [1.165, 1.54) is 0 Å². The summed E-state index contributed by atoms with van der Waals surface area (Å²) in [7, 11) is 0. The Morgan fingerprint density at radius 3 is 2.55 bits per heavy atom. The van der Waals surface area contributed by atoms with Gasteiger partial charge in [0.05, 0.1) is 54.3 Å². The Labute approximate surface area is 168 Å². The second kappa shape index (κ2) is 7.38. The number of aromatic nitrogens is 2. The number of carboxylic acids is 1. The van der Waals surface area contributed by atoms with Gasteiger partial charge in [-0.15, -0.1) is 0 Å². The van der Waals surface area contributed by atoms with Crippen LogP contribution in [0.15, 0.2) is 42.5 Å². The fourth-order valence-corrected chi connectivity index (χ4v) is 4.02. The van der Waals surface area contributed by atoms with Gasteiger partial charge in [0.25, 0.3) is 0 Å². The third-order valence-corrected chi connectivity index (χ3v) is 5.49. The molecule has 0 spiro atoms. The first-order valence-corrected chi connectivity index (χ1v) is 9.82. The summed E-state index contributed by atoms with van der Waals surface area (Å²) in [6, 6.07) is 13.3. The van der Waals surface area contributed by atoms with Crippen molar-refractivity contribution in [3.05, 3.63) is 53.9 Å². The molecule has 1 fully saturated rings. The van der Waals surface area contributed by atoms with Crippen molar-refractivity contribution >= 4 is 28.4 Å². The van der Waals surface area contributed by atoms with Crippen molar-refractivity contribution in [1.29, 1.82) is 0 Å². The van der Waals surface area contributed by atoms with E-state index in [9.17, 15) is 9.90 Å². The van der Waals surface area contributed by atoms with E-state index in [0.717, 1.165) is 49.0 Å². The van der Waals surface area contributed by atoms with Gasteiger partial charge in [-0.05, 0) is 30.3 Å². The first kappa shape index (κ1) is 18.0. The van der Waals surface area contributed by atoms with Crippen LogP contribution in [-0.4, -0.2) is 58.0 Å². The predicted molar refractivity (Wildman–Crippen MR) is 110 cm³/mol. The van der Waals surface area contributed by atoms with Crippen LogP contribution in [0.25, 0.3) is 11.0 Å². The molecule has 0 saturated carbocycles. The molecule has 8 nitrogen and oxygen atoms in total. The van der Waals surface area contributed by atoms with Gasteiger partial charge in [0.15, 0.2) is 0 Å². The van der Waals surface area contributed by atoms with Crippen molar-refractivity contribution in [3.8, 4) is 0 Å². The van der Waals surface area contributed by atoms with Crippen molar-refractivity contribution in [3.63, 3.8) is 0 Å². The maximum absolute atomic E-state index is 11.4. The number of carbonyl (C=O) groups is 1. The highest BCUT2D eigenvalue weighted by atomic mass is 16.5. The molecule has 1 aromatic heterocycles. The van der Waals surface area contributed by atoms with Gasteiger partial charge in [-0.2, -0.15) is 0 Å². The lowest BCUT2D eigenvalue weighted by Crippen LogP contribution is -2.37. The Morgan fingerprint density at radius 1 is 1.14 bits per heavy atom. The summed E-state index contributed by atoms with van der Waals surface area (Å²) in [5, 5.41) is 16.4. The number of fused-ring (bicyclic) bond motifs is 2. The predicted octanol–water partition coefficient (Wildman–Crippen LogP) is 2.43. The SMILES string of the molecule is O=C(O)c1ccc2c(c1)nc(CN1CCOCC1)n2CC1Nc2ccccc2N1. The van der Waals surface area contributed by atoms with E-state index >= 15 is 0 Å². The van der Waals surface area contributed by atoms with Gasteiger partial charge in [-0.1, -0.05) is 12.1 Å².